The maximum atomic E-state index is 4.00. The summed E-state index contributed by atoms with van der Waals surface area (Å²) in [7, 11) is 0. The van der Waals surface area contributed by atoms with Gasteiger partial charge in [0.2, 0.25) is 0 Å². The van der Waals surface area contributed by atoms with Crippen LogP contribution in [0.2, 0.25) is 0 Å². The van der Waals surface area contributed by atoms with E-state index in [1.807, 2.05) is 6.08 Å². The highest BCUT2D eigenvalue weighted by Crippen LogP contribution is 1.92. The summed E-state index contributed by atoms with van der Waals surface area (Å²) in [6.45, 7) is 13.8. The van der Waals surface area contributed by atoms with E-state index in [4.69, 9.17) is 0 Å². The first-order chi connectivity index (χ1) is 5.31. The monoisotopic (exact) mass is 150 g/mol. The van der Waals surface area contributed by atoms with Gasteiger partial charge in [0.05, 0.1) is 0 Å². The van der Waals surface area contributed by atoms with Crippen LogP contribution in [0.4, 0.5) is 0 Å². The number of hydrogen-bond acceptors (Lipinski definition) is 0. The zero-order chi connectivity index (χ0) is 9.70. The van der Waals surface area contributed by atoms with Crippen molar-refractivity contribution >= 4 is 0 Å². The molecule has 11 heavy (non-hydrogen) atoms. The fourth-order valence-electron chi connectivity index (χ4n) is 0.405. The van der Waals surface area contributed by atoms with Crippen LogP contribution in [-0.4, -0.2) is 0 Å². The third-order valence-electron chi connectivity index (χ3n) is 0.848. The van der Waals surface area contributed by atoms with E-state index in [-0.39, 0.29) is 0 Å². The van der Waals surface area contributed by atoms with Gasteiger partial charge in [0.1, 0.15) is 0 Å². The van der Waals surface area contributed by atoms with E-state index >= 15 is 0 Å². The molecule has 0 aliphatic rings. The summed E-state index contributed by atoms with van der Waals surface area (Å²) >= 11 is 0. The Hall–Kier alpha value is -1.22. The molecule has 0 heterocycles. The van der Waals surface area contributed by atoms with Gasteiger partial charge < -0.3 is 0 Å². The van der Waals surface area contributed by atoms with Crippen molar-refractivity contribution in [2.75, 3.05) is 0 Å². The lowest BCUT2D eigenvalue weighted by Crippen LogP contribution is -1.62. The minimum absolute atomic E-state index is 1.11. The molecular weight excluding hydrogens is 132 g/mol. The second-order valence-corrected chi connectivity index (χ2v) is 1.56. The Bertz CT molecular complexity index is 115. The van der Waals surface area contributed by atoms with Gasteiger partial charge in [-0.1, -0.05) is 31.2 Å². The first-order valence-corrected chi connectivity index (χ1v) is 3.43. The summed E-state index contributed by atoms with van der Waals surface area (Å²) in [6.07, 6.45) is 13.1. The molecule has 0 unspecified atom stereocenters. The molecule has 0 saturated carbocycles. The quantitative estimate of drug-likeness (QED) is 0.320. The van der Waals surface area contributed by atoms with E-state index in [0.717, 1.165) is 6.42 Å². The van der Waals surface area contributed by atoms with Gasteiger partial charge >= 0.3 is 0 Å². The number of allylic oxidation sites excluding steroid dienone is 3. The van der Waals surface area contributed by atoms with E-state index < -0.39 is 0 Å². The van der Waals surface area contributed by atoms with Crippen molar-refractivity contribution in [2.45, 2.75) is 20.3 Å². The Balaban J connectivity index is -0.000000138. The predicted octanol–water partition coefficient (Wildman–Crippen LogP) is 3.58. The Labute approximate surface area is 71.3 Å². The predicted molar refractivity (Wildman–Crippen MR) is 55.4 cm³/mol. The number of rotatable bonds is 2. The topological polar surface area (TPSA) is 0 Å². The van der Waals surface area contributed by atoms with Crippen molar-refractivity contribution in [2.24, 2.45) is 0 Å². The Morgan fingerprint density at radius 2 is 1.73 bits per heavy atom. The summed E-state index contributed by atoms with van der Waals surface area (Å²) in [4.78, 5) is 0. The number of hydrogen-bond donors (Lipinski definition) is 0. The van der Waals surface area contributed by atoms with Crippen LogP contribution in [0, 0.1) is 12.8 Å². The van der Waals surface area contributed by atoms with Gasteiger partial charge in [0, 0.05) is 0 Å². The van der Waals surface area contributed by atoms with Gasteiger partial charge in [-0.3, -0.25) is 0 Å². The van der Waals surface area contributed by atoms with Gasteiger partial charge in [-0.05, 0) is 13.3 Å². The van der Waals surface area contributed by atoms with Crippen LogP contribution >= 0.6 is 0 Å². The lowest BCUT2D eigenvalue weighted by Gasteiger charge is -1.83. The highest BCUT2D eigenvalue weighted by Gasteiger charge is 1.71. The molecule has 0 saturated heterocycles. The van der Waals surface area contributed by atoms with Crippen molar-refractivity contribution in [1.82, 2.24) is 0 Å². The maximum Gasteiger partial charge on any atom is -0.0374 e. The zero-order valence-corrected chi connectivity index (χ0v) is 7.64. The Kier molecular flexibility index (Phi) is 34.7. The fraction of sp³-hybridized carbons (Fsp3) is 0.273. The van der Waals surface area contributed by atoms with E-state index in [0.29, 0.717) is 0 Å². The lowest BCUT2D eigenvalue weighted by molar-refractivity contribution is 1.20. The molecule has 0 amide bonds. The molecule has 0 aliphatic heterocycles. The van der Waals surface area contributed by atoms with Crippen molar-refractivity contribution in [1.29, 1.82) is 0 Å². The average molecular weight is 150 g/mol. The summed E-state index contributed by atoms with van der Waals surface area (Å²) < 4.78 is 0. The molecular formula is C11H18. The smallest absolute Gasteiger partial charge is 0.0374 e. The van der Waals surface area contributed by atoms with Gasteiger partial charge in [0.25, 0.3) is 0 Å². The molecule has 0 spiro atoms. The standard InChI is InChI=1S/C7H12.C2H4.C2H2/c1-4-6-7(3)5-2;2*1-2/h5-6H,2,4H2,1,3H3;1-2H2;1-2H/b7-6-;;. The largest absolute Gasteiger partial charge is 0.124 e. The molecule has 0 bridgehead atoms. The van der Waals surface area contributed by atoms with Gasteiger partial charge in [-0.2, -0.15) is 0 Å². The second kappa shape index (κ2) is 23.3. The molecule has 62 valence electrons. The maximum absolute atomic E-state index is 4.00. The Morgan fingerprint density at radius 1 is 1.36 bits per heavy atom. The van der Waals surface area contributed by atoms with Crippen molar-refractivity contribution < 1.29 is 0 Å². The van der Waals surface area contributed by atoms with E-state index in [2.05, 4.69) is 52.5 Å². The molecule has 0 atom stereocenters. The minimum Gasteiger partial charge on any atom is -0.124 e. The van der Waals surface area contributed by atoms with E-state index in [1.54, 1.807) is 0 Å². The summed E-state index contributed by atoms with van der Waals surface area (Å²) in [5.74, 6) is 0. The molecule has 0 fully saturated rings. The van der Waals surface area contributed by atoms with Gasteiger partial charge in [-0.25, -0.2) is 0 Å². The number of terminal acetylenes is 1. The fourth-order valence-corrected chi connectivity index (χ4v) is 0.405. The van der Waals surface area contributed by atoms with Crippen LogP contribution in [0.3, 0.4) is 0 Å². The molecule has 0 heteroatoms. The Morgan fingerprint density at radius 3 is 1.82 bits per heavy atom. The molecule has 0 aromatic heterocycles. The minimum atomic E-state index is 1.11. The molecule has 0 radical (unpaired) electrons. The first-order valence-electron chi connectivity index (χ1n) is 3.43. The summed E-state index contributed by atoms with van der Waals surface area (Å²) in [6, 6.07) is 0. The SMILES string of the molecule is C#C.C=C.C=C/C(C)=C\CC. The molecule has 0 N–H and O–H groups in total. The average Bonchev–Trinajstić information content (AvgIpc) is 2.12. The highest BCUT2D eigenvalue weighted by molar-refractivity contribution is 5.11. The third kappa shape index (κ3) is 28.2. The molecule has 0 nitrogen and oxygen atoms in total. The van der Waals surface area contributed by atoms with Gasteiger partial charge in [0.15, 0.2) is 0 Å². The van der Waals surface area contributed by atoms with Crippen molar-refractivity contribution in [3.63, 3.8) is 0 Å². The summed E-state index contributed by atoms with van der Waals surface area (Å²) in [5.41, 5.74) is 1.27. The van der Waals surface area contributed by atoms with Crippen LogP contribution in [0.15, 0.2) is 37.5 Å². The normalized spacial score (nSPS) is 7.82. The van der Waals surface area contributed by atoms with Crippen LogP contribution < -0.4 is 0 Å². The zero-order valence-electron chi connectivity index (χ0n) is 7.64. The molecule has 0 rings (SSSR count). The first kappa shape index (κ1) is 16.4. The van der Waals surface area contributed by atoms with Gasteiger partial charge in [-0.15, -0.1) is 26.0 Å². The highest BCUT2D eigenvalue weighted by atomic mass is 13.8. The lowest BCUT2D eigenvalue weighted by atomic mass is 10.2. The van der Waals surface area contributed by atoms with Crippen LogP contribution in [-0.2, 0) is 0 Å². The molecule has 0 aromatic rings. The molecule has 0 aliphatic carbocycles. The van der Waals surface area contributed by atoms with Crippen LogP contribution in [0.5, 0.6) is 0 Å². The third-order valence-corrected chi connectivity index (χ3v) is 0.848. The van der Waals surface area contributed by atoms with E-state index in [9.17, 15) is 0 Å². The van der Waals surface area contributed by atoms with E-state index in [1.165, 1.54) is 5.57 Å². The second-order valence-electron chi connectivity index (χ2n) is 1.56. The summed E-state index contributed by atoms with van der Waals surface area (Å²) in [5, 5.41) is 0. The van der Waals surface area contributed by atoms with Crippen molar-refractivity contribution in [3.05, 3.63) is 37.5 Å². The van der Waals surface area contributed by atoms with Crippen LogP contribution in [0.25, 0.3) is 0 Å². The van der Waals surface area contributed by atoms with Crippen molar-refractivity contribution in [3.8, 4) is 12.8 Å². The molecule has 0 aromatic carbocycles. The van der Waals surface area contributed by atoms with Crippen LogP contribution in [0.1, 0.15) is 20.3 Å².